The van der Waals surface area contributed by atoms with E-state index in [1.54, 1.807) is 6.07 Å². The smallest absolute Gasteiger partial charge is 0.137 e. The number of rotatable bonds is 5. The number of hydrogen-bond donors (Lipinski definition) is 0. The zero-order valence-electron chi connectivity index (χ0n) is 12.5. The number of likely N-dealkylation sites (tertiary alicyclic amines) is 1. The van der Waals surface area contributed by atoms with Crippen molar-refractivity contribution < 1.29 is 4.74 Å². The Labute approximate surface area is 122 Å². The fourth-order valence-electron chi connectivity index (χ4n) is 3.03. The van der Waals surface area contributed by atoms with Crippen LogP contribution in [0.25, 0.3) is 0 Å². The summed E-state index contributed by atoms with van der Waals surface area (Å²) in [5.41, 5.74) is 0.618. The zero-order chi connectivity index (χ0) is 14.4. The van der Waals surface area contributed by atoms with Gasteiger partial charge in [0.25, 0.3) is 0 Å². The van der Waals surface area contributed by atoms with Crippen LogP contribution in [0.1, 0.15) is 45.1 Å². The van der Waals surface area contributed by atoms with Crippen molar-refractivity contribution in [3.05, 3.63) is 29.8 Å². The topological polar surface area (TPSA) is 36.3 Å². The molecule has 108 valence electrons. The number of para-hydroxylation sites is 1. The number of ether oxygens (including phenoxy) is 1. The molecule has 2 unspecified atom stereocenters. The van der Waals surface area contributed by atoms with Crippen molar-refractivity contribution in [1.29, 1.82) is 5.26 Å². The second-order valence-corrected chi connectivity index (χ2v) is 5.68. The van der Waals surface area contributed by atoms with Gasteiger partial charge in [-0.25, -0.2) is 0 Å². The predicted octanol–water partition coefficient (Wildman–Crippen LogP) is 3.59. The highest BCUT2D eigenvalue weighted by atomic mass is 16.5. The Morgan fingerprint density at radius 3 is 2.65 bits per heavy atom. The predicted molar refractivity (Wildman–Crippen MR) is 80.8 cm³/mol. The van der Waals surface area contributed by atoms with E-state index in [-0.39, 0.29) is 0 Å². The Kier molecular flexibility index (Phi) is 5.43. The van der Waals surface area contributed by atoms with Crippen LogP contribution >= 0.6 is 0 Å². The first-order valence-electron chi connectivity index (χ1n) is 7.60. The normalized spacial score (nSPS) is 23.2. The van der Waals surface area contributed by atoms with Crippen LogP contribution in [0, 0.1) is 11.3 Å². The molecule has 1 aliphatic rings. The fraction of sp³-hybridized carbons (Fsp3) is 0.588. The van der Waals surface area contributed by atoms with Crippen LogP contribution < -0.4 is 4.74 Å². The summed E-state index contributed by atoms with van der Waals surface area (Å²) in [4.78, 5) is 2.59. The van der Waals surface area contributed by atoms with Gasteiger partial charge in [0.1, 0.15) is 11.8 Å². The van der Waals surface area contributed by atoms with E-state index >= 15 is 0 Å². The largest absolute Gasteiger partial charge is 0.492 e. The van der Waals surface area contributed by atoms with Gasteiger partial charge >= 0.3 is 0 Å². The Morgan fingerprint density at radius 2 is 1.95 bits per heavy atom. The van der Waals surface area contributed by atoms with E-state index in [0.717, 1.165) is 13.0 Å². The first-order chi connectivity index (χ1) is 9.72. The minimum Gasteiger partial charge on any atom is -0.492 e. The Hall–Kier alpha value is -1.53. The van der Waals surface area contributed by atoms with Crippen molar-refractivity contribution >= 4 is 0 Å². The maximum atomic E-state index is 9.01. The van der Waals surface area contributed by atoms with Gasteiger partial charge in [-0.1, -0.05) is 18.6 Å². The van der Waals surface area contributed by atoms with Gasteiger partial charge in [0.15, 0.2) is 0 Å². The average Bonchev–Trinajstić information content (AvgIpc) is 2.46. The van der Waals surface area contributed by atoms with Gasteiger partial charge < -0.3 is 4.74 Å². The highest BCUT2D eigenvalue weighted by molar-refractivity contribution is 5.42. The van der Waals surface area contributed by atoms with Crippen molar-refractivity contribution in [1.82, 2.24) is 4.90 Å². The lowest BCUT2D eigenvalue weighted by Crippen LogP contribution is -2.44. The minimum atomic E-state index is 0.618. The molecule has 0 spiro atoms. The maximum absolute atomic E-state index is 9.01. The van der Waals surface area contributed by atoms with Crippen LogP contribution in [-0.4, -0.2) is 30.1 Å². The third kappa shape index (κ3) is 3.74. The Morgan fingerprint density at radius 1 is 1.25 bits per heavy atom. The quantitative estimate of drug-likeness (QED) is 0.769. The molecular weight excluding hydrogens is 248 g/mol. The standard InChI is InChI=1S/C17H24N2O/c1-14-7-5-8-15(2)19(14)11-6-12-20-17-10-4-3-9-16(17)13-18/h3-4,9-10,14-15H,5-8,11-12H2,1-2H3. The molecule has 0 saturated carbocycles. The highest BCUT2D eigenvalue weighted by Crippen LogP contribution is 2.22. The first kappa shape index (κ1) is 14.9. The summed E-state index contributed by atoms with van der Waals surface area (Å²) in [5, 5.41) is 9.01. The summed E-state index contributed by atoms with van der Waals surface area (Å²) in [6.45, 7) is 6.40. The van der Waals surface area contributed by atoms with Gasteiger partial charge in [-0.15, -0.1) is 0 Å². The molecular formula is C17H24N2O. The Balaban J connectivity index is 1.77. The number of nitriles is 1. The van der Waals surface area contributed by atoms with Crippen LogP contribution in [0.2, 0.25) is 0 Å². The summed E-state index contributed by atoms with van der Waals surface area (Å²) in [6.07, 6.45) is 4.98. The van der Waals surface area contributed by atoms with E-state index in [1.807, 2.05) is 18.2 Å². The van der Waals surface area contributed by atoms with Gasteiger partial charge in [-0.05, 0) is 45.2 Å². The average molecular weight is 272 g/mol. The van der Waals surface area contributed by atoms with Gasteiger partial charge in [0, 0.05) is 18.6 Å². The minimum absolute atomic E-state index is 0.618. The lowest BCUT2D eigenvalue weighted by molar-refractivity contribution is 0.0961. The van der Waals surface area contributed by atoms with Crippen molar-refractivity contribution in [2.24, 2.45) is 0 Å². The molecule has 2 rings (SSSR count). The molecule has 20 heavy (non-hydrogen) atoms. The number of benzene rings is 1. The molecule has 0 aromatic heterocycles. The maximum Gasteiger partial charge on any atom is 0.137 e. The molecule has 0 aliphatic carbocycles. The first-order valence-corrected chi connectivity index (χ1v) is 7.60. The van der Waals surface area contributed by atoms with Crippen LogP contribution in [0.15, 0.2) is 24.3 Å². The number of hydrogen-bond acceptors (Lipinski definition) is 3. The fourth-order valence-corrected chi connectivity index (χ4v) is 3.03. The van der Waals surface area contributed by atoms with E-state index < -0.39 is 0 Å². The molecule has 1 saturated heterocycles. The molecule has 3 nitrogen and oxygen atoms in total. The molecule has 1 aromatic carbocycles. The van der Waals surface area contributed by atoms with E-state index in [4.69, 9.17) is 10.00 Å². The summed E-state index contributed by atoms with van der Waals surface area (Å²) < 4.78 is 5.74. The second kappa shape index (κ2) is 7.31. The summed E-state index contributed by atoms with van der Waals surface area (Å²) in [5.74, 6) is 0.703. The van der Waals surface area contributed by atoms with Crippen molar-refractivity contribution in [2.45, 2.75) is 51.6 Å². The molecule has 1 aromatic rings. The monoisotopic (exact) mass is 272 g/mol. The molecule has 0 N–H and O–H groups in total. The molecule has 3 heteroatoms. The van der Waals surface area contributed by atoms with Gasteiger partial charge in [0.05, 0.1) is 12.2 Å². The molecule has 1 heterocycles. The van der Waals surface area contributed by atoms with Crippen LogP contribution in [0.4, 0.5) is 0 Å². The number of nitrogens with zero attached hydrogens (tertiary/aromatic N) is 2. The molecule has 0 radical (unpaired) electrons. The highest BCUT2D eigenvalue weighted by Gasteiger charge is 2.23. The summed E-state index contributed by atoms with van der Waals surface area (Å²) in [6, 6.07) is 11.0. The lowest BCUT2D eigenvalue weighted by Gasteiger charge is -2.39. The SMILES string of the molecule is CC1CCCC(C)N1CCCOc1ccccc1C#N. The van der Waals surface area contributed by atoms with E-state index in [2.05, 4.69) is 24.8 Å². The third-order valence-corrected chi connectivity index (χ3v) is 4.20. The zero-order valence-corrected chi connectivity index (χ0v) is 12.5. The van der Waals surface area contributed by atoms with E-state index in [0.29, 0.717) is 30.0 Å². The lowest BCUT2D eigenvalue weighted by atomic mass is 9.97. The van der Waals surface area contributed by atoms with Crippen molar-refractivity contribution in [2.75, 3.05) is 13.2 Å². The van der Waals surface area contributed by atoms with Crippen LogP contribution in [0.3, 0.4) is 0 Å². The second-order valence-electron chi connectivity index (χ2n) is 5.68. The molecule has 0 amide bonds. The van der Waals surface area contributed by atoms with Crippen molar-refractivity contribution in [3.8, 4) is 11.8 Å². The molecule has 2 atom stereocenters. The van der Waals surface area contributed by atoms with E-state index in [1.165, 1.54) is 19.3 Å². The van der Waals surface area contributed by atoms with Crippen molar-refractivity contribution in [3.63, 3.8) is 0 Å². The number of piperidine rings is 1. The van der Waals surface area contributed by atoms with Gasteiger partial charge in [0.2, 0.25) is 0 Å². The summed E-state index contributed by atoms with van der Waals surface area (Å²) in [7, 11) is 0. The van der Waals surface area contributed by atoms with Crippen LogP contribution in [-0.2, 0) is 0 Å². The van der Waals surface area contributed by atoms with Crippen LogP contribution in [0.5, 0.6) is 5.75 Å². The van der Waals surface area contributed by atoms with E-state index in [9.17, 15) is 0 Å². The van der Waals surface area contributed by atoms with Gasteiger partial charge in [-0.3, -0.25) is 4.90 Å². The summed E-state index contributed by atoms with van der Waals surface area (Å²) >= 11 is 0. The third-order valence-electron chi connectivity index (χ3n) is 4.20. The van der Waals surface area contributed by atoms with Gasteiger partial charge in [-0.2, -0.15) is 5.26 Å². The Bertz CT molecular complexity index is 456. The molecule has 1 fully saturated rings. The molecule has 1 aliphatic heterocycles. The molecule has 0 bridgehead atoms.